The first-order chi connectivity index (χ1) is 9.97. The van der Waals surface area contributed by atoms with Crippen LogP contribution in [0.25, 0.3) is 0 Å². The van der Waals surface area contributed by atoms with Crippen molar-refractivity contribution in [3.8, 4) is 6.07 Å². The van der Waals surface area contributed by atoms with Crippen molar-refractivity contribution >= 4 is 10.0 Å². The topological polar surface area (TPSA) is 73.2 Å². The average Bonchev–Trinajstić information content (AvgIpc) is 3.10. The second kappa shape index (κ2) is 5.09. The van der Waals surface area contributed by atoms with E-state index in [4.69, 9.17) is 5.26 Å². The molecule has 2 aliphatic heterocycles. The third kappa shape index (κ3) is 2.46. The van der Waals surface area contributed by atoms with Gasteiger partial charge in [0, 0.05) is 19.6 Å². The van der Waals surface area contributed by atoms with Crippen molar-refractivity contribution in [2.75, 3.05) is 26.2 Å². The van der Waals surface area contributed by atoms with E-state index in [1.54, 1.807) is 23.4 Å². The van der Waals surface area contributed by atoms with Gasteiger partial charge in [-0.3, -0.25) is 0 Å². The molecule has 3 rings (SSSR count). The molecule has 2 aliphatic rings. The van der Waals surface area contributed by atoms with Crippen LogP contribution in [0.2, 0.25) is 0 Å². The Hall–Kier alpha value is -1.42. The molecular formula is C15H19N3O2S. The molecule has 2 fully saturated rings. The summed E-state index contributed by atoms with van der Waals surface area (Å²) in [6.07, 6.45) is 1.95. The Balaban J connectivity index is 1.93. The molecule has 1 N–H and O–H groups in total. The van der Waals surface area contributed by atoms with Gasteiger partial charge in [-0.15, -0.1) is 0 Å². The van der Waals surface area contributed by atoms with Gasteiger partial charge in [0.15, 0.2) is 0 Å². The third-order valence-corrected chi connectivity index (χ3v) is 6.66. The minimum Gasteiger partial charge on any atom is -0.316 e. The minimum atomic E-state index is -3.51. The van der Waals surface area contributed by atoms with Crippen molar-refractivity contribution in [3.63, 3.8) is 0 Å². The van der Waals surface area contributed by atoms with E-state index in [2.05, 4.69) is 5.32 Å². The zero-order valence-corrected chi connectivity index (χ0v) is 12.9. The molecule has 0 saturated carbocycles. The Morgan fingerprint density at radius 1 is 1.38 bits per heavy atom. The van der Waals surface area contributed by atoms with Gasteiger partial charge in [-0.1, -0.05) is 6.07 Å². The summed E-state index contributed by atoms with van der Waals surface area (Å²) in [7, 11) is -3.51. The van der Waals surface area contributed by atoms with Crippen LogP contribution in [-0.4, -0.2) is 38.9 Å². The second-order valence-electron chi connectivity index (χ2n) is 6.11. The molecule has 0 radical (unpaired) electrons. The highest BCUT2D eigenvalue weighted by Crippen LogP contribution is 2.38. The summed E-state index contributed by atoms with van der Waals surface area (Å²) in [6.45, 7) is 4.79. The molecule has 2 heterocycles. The Morgan fingerprint density at radius 2 is 2.19 bits per heavy atom. The van der Waals surface area contributed by atoms with Gasteiger partial charge >= 0.3 is 0 Å². The fraction of sp³-hybridized carbons (Fsp3) is 0.533. The van der Waals surface area contributed by atoms with Gasteiger partial charge in [-0.2, -0.15) is 9.57 Å². The highest BCUT2D eigenvalue weighted by atomic mass is 32.2. The quantitative estimate of drug-likeness (QED) is 0.892. The molecule has 112 valence electrons. The monoisotopic (exact) mass is 305 g/mol. The van der Waals surface area contributed by atoms with Crippen molar-refractivity contribution < 1.29 is 8.42 Å². The molecule has 1 unspecified atom stereocenters. The fourth-order valence-electron chi connectivity index (χ4n) is 3.33. The van der Waals surface area contributed by atoms with Crippen LogP contribution in [0.1, 0.15) is 24.0 Å². The molecular weight excluding hydrogens is 286 g/mol. The van der Waals surface area contributed by atoms with Crippen LogP contribution in [0.15, 0.2) is 23.1 Å². The summed E-state index contributed by atoms with van der Waals surface area (Å²) in [5.41, 5.74) is 1.18. The van der Waals surface area contributed by atoms with Crippen molar-refractivity contribution in [3.05, 3.63) is 29.3 Å². The molecule has 1 atom stereocenters. The van der Waals surface area contributed by atoms with Crippen molar-refractivity contribution in [1.82, 2.24) is 9.62 Å². The lowest BCUT2D eigenvalue weighted by Gasteiger charge is -2.23. The standard InChI is InChI=1S/C15H19N3O2S/c1-12-2-3-13(9-16)8-14(12)21(19,20)18-7-5-15(11-18)4-6-17-10-15/h2-3,8,17H,4-7,10-11H2,1H3. The van der Waals surface area contributed by atoms with E-state index >= 15 is 0 Å². The first-order valence-electron chi connectivity index (χ1n) is 7.19. The predicted molar refractivity (Wildman–Crippen MR) is 79.2 cm³/mol. The Labute approximate surface area is 125 Å². The van der Waals surface area contributed by atoms with Crippen LogP contribution in [0.3, 0.4) is 0 Å². The van der Waals surface area contributed by atoms with Crippen molar-refractivity contribution in [2.24, 2.45) is 5.41 Å². The zero-order chi connectivity index (χ0) is 15.1. The Bertz CT molecular complexity index is 700. The van der Waals surface area contributed by atoms with Gasteiger partial charge in [-0.25, -0.2) is 8.42 Å². The van der Waals surface area contributed by atoms with Gasteiger partial charge in [0.25, 0.3) is 0 Å². The summed E-state index contributed by atoms with van der Waals surface area (Å²) in [5.74, 6) is 0. The van der Waals surface area contributed by atoms with Crippen molar-refractivity contribution in [1.29, 1.82) is 5.26 Å². The molecule has 1 aromatic carbocycles. The lowest BCUT2D eigenvalue weighted by molar-refractivity contribution is 0.338. The molecule has 0 aromatic heterocycles. The highest BCUT2D eigenvalue weighted by molar-refractivity contribution is 7.89. The van der Waals surface area contributed by atoms with E-state index < -0.39 is 10.0 Å². The summed E-state index contributed by atoms with van der Waals surface area (Å²) in [4.78, 5) is 0.268. The van der Waals surface area contributed by atoms with Crippen LogP contribution in [-0.2, 0) is 10.0 Å². The summed E-state index contributed by atoms with van der Waals surface area (Å²) < 4.78 is 27.3. The number of nitrogens with zero attached hydrogens (tertiary/aromatic N) is 2. The molecule has 21 heavy (non-hydrogen) atoms. The first kappa shape index (κ1) is 14.5. The molecule has 2 saturated heterocycles. The molecule has 0 amide bonds. The van der Waals surface area contributed by atoms with Gasteiger partial charge in [0.2, 0.25) is 10.0 Å². The molecule has 6 heteroatoms. The number of hydrogen-bond donors (Lipinski definition) is 1. The summed E-state index contributed by atoms with van der Waals surface area (Å²) in [6, 6.07) is 6.86. The molecule has 1 aromatic rings. The second-order valence-corrected chi connectivity index (χ2v) is 8.01. The Kier molecular flexibility index (Phi) is 3.52. The van der Waals surface area contributed by atoms with Crippen LogP contribution in [0, 0.1) is 23.7 Å². The van der Waals surface area contributed by atoms with Crippen LogP contribution in [0.5, 0.6) is 0 Å². The number of sulfonamides is 1. The maximum atomic E-state index is 12.9. The largest absolute Gasteiger partial charge is 0.316 e. The minimum absolute atomic E-state index is 0.105. The zero-order valence-electron chi connectivity index (χ0n) is 12.1. The highest BCUT2D eigenvalue weighted by Gasteiger charge is 2.44. The van der Waals surface area contributed by atoms with Crippen LogP contribution in [0.4, 0.5) is 0 Å². The van der Waals surface area contributed by atoms with Gasteiger partial charge in [0.05, 0.1) is 16.5 Å². The fourth-order valence-corrected chi connectivity index (χ4v) is 5.13. The third-order valence-electron chi connectivity index (χ3n) is 4.67. The van der Waals surface area contributed by atoms with E-state index in [-0.39, 0.29) is 10.3 Å². The molecule has 5 nitrogen and oxygen atoms in total. The SMILES string of the molecule is Cc1ccc(C#N)cc1S(=O)(=O)N1CCC2(CCNC2)C1. The van der Waals surface area contributed by atoms with Crippen molar-refractivity contribution in [2.45, 2.75) is 24.7 Å². The van der Waals surface area contributed by atoms with E-state index in [0.717, 1.165) is 25.9 Å². The smallest absolute Gasteiger partial charge is 0.243 e. The molecule has 0 bridgehead atoms. The maximum absolute atomic E-state index is 12.9. The normalized spacial score (nSPS) is 26.3. The maximum Gasteiger partial charge on any atom is 0.243 e. The number of nitrogens with one attached hydrogen (secondary N) is 1. The predicted octanol–water partition coefficient (Wildman–Crippen LogP) is 1.24. The average molecular weight is 305 g/mol. The number of hydrogen-bond acceptors (Lipinski definition) is 4. The van der Waals surface area contributed by atoms with Crippen LogP contribution < -0.4 is 5.32 Å². The van der Waals surface area contributed by atoms with Gasteiger partial charge in [0.1, 0.15) is 0 Å². The van der Waals surface area contributed by atoms with E-state index in [0.29, 0.717) is 24.2 Å². The van der Waals surface area contributed by atoms with Crippen LogP contribution >= 0.6 is 0 Å². The van der Waals surface area contributed by atoms with Gasteiger partial charge in [-0.05, 0) is 49.4 Å². The van der Waals surface area contributed by atoms with Gasteiger partial charge < -0.3 is 5.32 Å². The Morgan fingerprint density at radius 3 is 2.86 bits per heavy atom. The van der Waals surface area contributed by atoms with E-state index in [9.17, 15) is 8.42 Å². The lowest BCUT2D eigenvalue weighted by Crippen LogP contribution is -2.33. The first-order valence-corrected chi connectivity index (χ1v) is 8.63. The van der Waals surface area contributed by atoms with E-state index in [1.807, 2.05) is 6.07 Å². The molecule has 0 aliphatic carbocycles. The number of nitriles is 1. The summed E-state index contributed by atoms with van der Waals surface area (Å²) in [5, 5.41) is 12.3. The number of benzene rings is 1. The lowest BCUT2D eigenvalue weighted by atomic mass is 9.87. The van der Waals surface area contributed by atoms with E-state index in [1.165, 1.54) is 6.07 Å². The number of rotatable bonds is 2. The number of aryl methyl sites for hydroxylation is 1. The molecule has 1 spiro atoms. The summed E-state index contributed by atoms with van der Waals surface area (Å²) >= 11 is 0.